The van der Waals surface area contributed by atoms with Crippen molar-refractivity contribution < 1.29 is 0 Å². The summed E-state index contributed by atoms with van der Waals surface area (Å²) in [5, 5.41) is 2.71. The number of hydrogen-bond donors (Lipinski definition) is 0. The van der Waals surface area contributed by atoms with E-state index in [1.807, 2.05) is 6.08 Å². The summed E-state index contributed by atoms with van der Waals surface area (Å²) >= 11 is 0. The van der Waals surface area contributed by atoms with Gasteiger partial charge in [-0.3, -0.25) is 0 Å². The van der Waals surface area contributed by atoms with Crippen molar-refractivity contribution in [2.75, 3.05) is 0 Å². The third-order valence-electron chi connectivity index (χ3n) is 3.32. The Labute approximate surface area is 95.9 Å². The lowest BCUT2D eigenvalue weighted by molar-refractivity contribution is 1.08. The molecule has 1 aliphatic carbocycles. The number of rotatable bonds is 1. The van der Waals surface area contributed by atoms with Crippen molar-refractivity contribution in [3.05, 3.63) is 66.3 Å². The van der Waals surface area contributed by atoms with Crippen LogP contribution in [0, 0.1) is 0 Å². The van der Waals surface area contributed by atoms with E-state index in [0.29, 0.717) is 0 Å². The SMILES string of the molecule is C=C/C=C1\CCc2ccc3ccccc3c21. The van der Waals surface area contributed by atoms with E-state index in [4.69, 9.17) is 0 Å². The molecule has 0 aromatic heterocycles. The van der Waals surface area contributed by atoms with Gasteiger partial charge in [0.05, 0.1) is 0 Å². The van der Waals surface area contributed by atoms with Gasteiger partial charge in [0.15, 0.2) is 0 Å². The monoisotopic (exact) mass is 206 g/mol. The Hall–Kier alpha value is -1.82. The Morgan fingerprint density at radius 1 is 1.00 bits per heavy atom. The molecule has 0 aliphatic heterocycles. The molecule has 0 unspecified atom stereocenters. The molecule has 16 heavy (non-hydrogen) atoms. The molecule has 78 valence electrons. The zero-order valence-corrected chi connectivity index (χ0v) is 9.24. The van der Waals surface area contributed by atoms with Gasteiger partial charge in [0.25, 0.3) is 0 Å². The second-order valence-corrected chi connectivity index (χ2v) is 4.25. The van der Waals surface area contributed by atoms with Gasteiger partial charge in [0, 0.05) is 0 Å². The first-order chi connectivity index (χ1) is 7.90. The smallest absolute Gasteiger partial charge is 0.0106 e. The minimum atomic E-state index is 1.15. The molecular formula is C16H14. The van der Waals surface area contributed by atoms with Crippen LogP contribution in [0.5, 0.6) is 0 Å². The third-order valence-corrected chi connectivity index (χ3v) is 3.32. The molecule has 0 atom stereocenters. The first kappa shape index (κ1) is 9.41. The zero-order chi connectivity index (χ0) is 11.0. The fourth-order valence-corrected chi connectivity index (χ4v) is 2.61. The molecule has 0 saturated carbocycles. The Bertz CT molecular complexity index is 588. The Kier molecular flexibility index (Phi) is 2.14. The van der Waals surface area contributed by atoms with E-state index in [-0.39, 0.29) is 0 Å². The third kappa shape index (κ3) is 1.30. The van der Waals surface area contributed by atoms with E-state index in [1.165, 1.54) is 33.9 Å². The van der Waals surface area contributed by atoms with Crippen LogP contribution in [0.15, 0.2) is 55.1 Å². The highest BCUT2D eigenvalue weighted by Crippen LogP contribution is 2.37. The summed E-state index contributed by atoms with van der Waals surface area (Å²) in [4.78, 5) is 0. The fourth-order valence-electron chi connectivity index (χ4n) is 2.61. The predicted octanol–water partition coefficient (Wildman–Crippen LogP) is 4.36. The minimum absolute atomic E-state index is 1.15. The molecular weight excluding hydrogens is 192 g/mol. The predicted molar refractivity (Wildman–Crippen MR) is 70.4 cm³/mol. The van der Waals surface area contributed by atoms with Gasteiger partial charge >= 0.3 is 0 Å². The van der Waals surface area contributed by atoms with E-state index >= 15 is 0 Å². The van der Waals surface area contributed by atoms with Crippen LogP contribution in [0.25, 0.3) is 16.3 Å². The molecule has 2 aromatic rings. The minimum Gasteiger partial charge on any atom is -0.0991 e. The summed E-state index contributed by atoms with van der Waals surface area (Å²) in [6, 6.07) is 13.1. The van der Waals surface area contributed by atoms with E-state index in [1.54, 1.807) is 0 Å². The summed E-state index contributed by atoms with van der Waals surface area (Å²) in [6.45, 7) is 3.80. The van der Waals surface area contributed by atoms with Crippen LogP contribution in [0.4, 0.5) is 0 Å². The highest BCUT2D eigenvalue weighted by molar-refractivity contribution is 5.97. The summed E-state index contributed by atoms with van der Waals surface area (Å²) in [5.74, 6) is 0. The molecule has 2 aromatic carbocycles. The van der Waals surface area contributed by atoms with Crippen molar-refractivity contribution in [3.63, 3.8) is 0 Å². The lowest BCUT2D eigenvalue weighted by atomic mass is 9.98. The molecule has 0 heterocycles. The second kappa shape index (κ2) is 3.64. The molecule has 3 rings (SSSR count). The maximum atomic E-state index is 3.80. The van der Waals surface area contributed by atoms with E-state index in [2.05, 4.69) is 49.1 Å². The molecule has 0 spiro atoms. The van der Waals surface area contributed by atoms with Crippen LogP contribution in [0.3, 0.4) is 0 Å². The lowest BCUT2D eigenvalue weighted by Gasteiger charge is -2.06. The van der Waals surface area contributed by atoms with Crippen LogP contribution in [-0.2, 0) is 6.42 Å². The first-order valence-electron chi connectivity index (χ1n) is 5.73. The Balaban J connectivity index is 2.37. The molecule has 0 fully saturated rings. The van der Waals surface area contributed by atoms with Crippen molar-refractivity contribution >= 4 is 16.3 Å². The largest absolute Gasteiger partial charge is 0.0991 e. The van der Waals surface area contributed by atoms with E-state index < -0.39 is 0 Å². The number of fused-ring (bicyclic) bond motifs is 3. The number of allylic oxidation sites excluding steroid dienone is 3. The number of hydrogen-bond acceptors (Lipinski definition) is 0. The quantitative estimate of drug-likeness (QED) is 0.650. The molecule has 0 nitrogen and oxygen atoms in total. The standard InChI is InChI=1S/C16H14/c1-2-5-13-10-11-14-9-8-12-6-3-4-7-15(12)16(13)14/h2-9H,1,10-11H2/b13-5+. The lowest BCUT2D eigenvalue weighted by Crippen LogP contribution is -1.84. The van der Waals surface area contributed by atoms with Gasteiger partial charge in [-0.15, -0.1) is 0 Å². The average Bonchev–Trinajstić information content (AvgIpc) is 2.73. The Morgan fingerprint density at radius 2 is 1.88 bits per heavy atom. The fraction of sp³-hybridized carbons (Fsp3) is 0.125. The van der Waals surface area contributed by atoms with Crippen molar-refractivity contribution in [1.29, 1.82) is 0 Å². The van der Waals surface area contributed by atoms with Crippen molar-refractivity contribution in [3.8, 4) is 0 Å². The van der Waals surface area contributed by atoms with Gasteiger partial charge in [-0.05, 0) is 40.3 Å². The number of aryl methyl sites for hydroxylation is 1. The molecule has 1 aliphatic rings. The van der Waals surface area contributed by atoms with Gasteiger partial charge in [-0.1, -0.05) is 55.1 Å². The topological polar surface area (TPSA) is 0 Å². The van der Waals surface area contributed by atoms with Crippen LogP contribution >= 0.6 is 0 Å². The highest BCUT2D eigenvalue weighted by Gasteiger charge is 2.17. The summed E-state index contributed by atoms with van der Waals surface area (Å²) in [5.41, 5.74) is 4.35. The van der Waals surface area contributed by atoms with Gasteiger partial charge < -0.3 is 0 Å². The first-order valence-corrected chi connectivity index (χ1v) is 5.73. The molecule has 0 radical (unpaired) electrons. The Morgan fingerprint density at radius 3 is 2.75 bits per heavy atom. The van der Waals surface area contributed by atoms with Gasteiger partial charge in [-0.2, -0.15) is 0 Å². The summed E-state index contributed by atoms with van der Waals surface area (Å²) < 4.78 is 0. The van der Waals surface area contributed by atoms with Crippen LogP contribution < -0.4 is 0 Å². The average molecular weight is 206 g/mol. The van der Waals surface area contributed by atoms with Gasteiger partial charge in [-0.25, -0.2) is 0 Å². The highest BCUT2D eigenvalue weighted by atomic mass is 14.2. The van der Waals surface area contributed by atoms with Crippen molar-refractivity contribution in [2.24, 2.45) is 0 Å². The van der Waals surface area contributed by atoms with Crippen LogP contribution in [0.1, 0.15) is 17.5 Å². The maximum Gasteiger partial charge on any atom is -0.0106 e. The summed E-state index contributed by atoms with van der Waals surface area (Å²) in [7, 11) is 0. The molecule has 0 amide bonds. The van der Waals surface area contributed by atoms with E-state index in [0.717, 1.165) is 6.42 Å². The van der Waals surface area contributed by atoms with Crippen LogP contribution in [0.2, 0.25) is 0 Å². The molecule has 0 bridgehead atoms. The number of benzene rings is 2. The molecule has 0 saturated heterocycles. The van der Waals surface area contributed by atoms with Gasteiger partial charge in [0.2, 0.25) is 0 Å². The normalized spacial score (nSPS) is 16.6. The van der Waals surface area contributed by atoms with Crippen LogP contribution in [-0.4, -0.2) is 0 Å². The zero-order valence-electron chi connectivity index (χ0n) is 9.24. The second-order valence-electron chi connectivity index (χ2n) is 4.25. The molecule has 0 heteroatoms. The molecule has 0 N–H and O–H groups in total. The summed E-state index contributed by atoms with van der Waals surface area (Å²) in [6.07, 6.45) is 6.36. The van der Waals surface area contributed by atoms with Crippen molar-refractivity contribution in [2.45, 2.75) is 12.8 Å². The van der Waals surface area contributed by atoms with Gasteiger partial charge in [0.1, 0.15) is 0 Å². The maximum absolute atomic E-state index is 3.80. The van der Waals surface area contributed by atoms with E-state index in [9.17, 15) is 0 Å². The van der Waals surface area contributed by atoms with Crippen molar-refractivity contribution in [1.82, 2.24) is 0 Å².